The quantitative estimate of drug-likeness (QED) is 0.660. The van der Waals surface area contributed by atoms with Crippen LogP contribution in [0.1, 0.15) is 40.0 Å². The molecule has 1 aliphatic heterocycles. The number of hydrogen-bond donors (Lipinski definition) is 2. The van der Waals surface area contributed by atoms with Gasteiger partial charge in [-0.1, -0.05) is 12.1 Å². The zero-order chi connectivity index (χ0) is 18.1. The Morgan fingerprint density at radius 3 is 2.72 bits per heavy atom. The molecule has 128 valence electrons. The van der Waals surface area contributed by atoms with Gasteiger partial charge in [-0.15, -0.1) is 0 Å². The van der Waals surface area contributed by atoms with Crippen LogP contribution in [0.3, 0.4) is 0 Å². The molecule has 2 N–H and O–H groups in total. The number of rotatable bonds is 4. The number of aryl methyl sites for hydroxylation is 1. The minimum Gasteiger partial charge on any atom is -0.346 e. The molecule has 7 nitrogen and oxygen atoms in total. The first-order valence-corrected chi connectivity index (χ1v) is 7.83. The number of hydrogen-bond acceptors (Lipinski definition) is 4. The van der Waals surface area contributed by atoms with Crippen LogP contribution in [0.2, 0.25) is 0 Å². The molecule has 0 fully saturated rings. The smallest absolute Gasteiger partial charge is 0.269 e. The average molecular weight is 339 g/mol. The van der Waals surface area contributed by atoms with E-state index in [2.05, 4.69) is 10.6 Å². The summed E-state index contributed by atoms with van der Waals surface area (Å²) in [7, 11) is 0. The Balaban J connectivity index is 1.76. The van der Waals surface area contributed by atoms with E-state index in [1.807, 2.05) is 25.1 Å². The molecule has 2 amide bonds. The van der Waals surface area contributed by atoms with Crippen molar-refractivity contribution in [2.45, 2.75) is 26.3 Å². The largest absolute Gasteiger partial charge is 0.346 e. The van der Waals surface area contributed by atoms with Gasteiger partial charge in [-0.2, -0.15) is 0 Å². The Kier molecular flexibility index (Phi) is 4.22. The monoisotopic (exact) mass is 339 g/mol. The topological polar surface area (TPSA) is 101 Å². The molecular formula is C18H17N3O4. The van der Waals surface area contributed by atoms with Crippen LogP contribution in [0.25, 0.3) is 0 Å². The van der Waals surface area contributed by atoms with Crippen LogP contribution in [0.4, 0.5) is 11.4 Å². The number of carbonyl (C=O) groups is 2. The number of nitrogens with zero attached hydrogens (tertiary/aromatic N) is 1. The van der Waals surface area contributed by atoms with Crippen LogP contribution in [0, 0.1) is 17.0 Å². The SMILES string of the molecule is Cc1cc([N+](=O)[O-])ccc1C(=O)N[C@H](C)c1ccc2c(c1)CC(=O)N2. The van der Waals surface area contributed by atoms with Crippen molar-refractivity contribution in [1.29, 1.82) is 0 Å². The van der Waals surface area contributed by atoms with Gasteiger partial charge in [-0.25, -0.2) is 0 Å². The molecule has 1 heterocycles. The lowest BCUT2D eigenvalue weighted by Gasteiger charge is -2.16. The maximum absolute atomic E-state index is 12.5. The van der Waals surface area contributed by atoms with E-state index in [0.29, 0.717) is 17.5 Å². The standard InChI is InChI=1S/C18H17N3O4/c1-10-7-14(21(24)25)4-5-15(10)18(23)19-11(2)12-3-6-16-13(8-12)9-17(22)20-16/h3-8,11H,9H2,1-2H3,(H,19,23)(H,20,22)/t11-/m1/s1. The van der Waals surface area contributed by atoms with Gasteiger partial charge in [0.2, 0.25) is 5.91 Å². The number of carbonyl (C=O) groups excluding carboxylic acids is 2. The molecular weight excluding hydrogens is 322 g/mol. The van der Waals surface area contributed by atoms with Crippen LogP contribution in [0.15, 0.2) is 36.4 Å². The highest BCUT2D eigenvalue weighted by Crippen LogP contribution is 2.26. The van der Waals surface area contributed by atoms with Crippen LogP contribution in [0.5, 0.6) is 0 Å². The second-order valence-electron chi connectivity index (χ2n) is 6.09. The van der Waals surface area contributed by atoms with Crippen LogP contribution in [-0.2, 0) is 11.2 Å². The highest BCUT2D eigenvalue weighted by atomic mass is 16.6. The Morgan fingerprint density at radius 2 is 2.04 bits per heavy atom. The van der Waals surface area contributed by atoms with Crippen molar-refractivity contribution in [2.75, 3.05) is 5.32 Å². The molecule has 0 aliphatic carbocycles. The third-order valence-electron chi connectivity index (χ3n) is 4.27. The summed E-state index contributed by atoms with van der Waals surface area (Å²) in [6, 6.07) is 9.49. The summed E-state index contributed by atoms with van der Waals surface area (Å²) in [5.74, 6) is -0.333. The molecule has 0 spiro atoms. The summed E-state index contributed by atoms with van der Waals surface area (Å²) in [4.78, 5) is 34.2. The summed E-state index contributed by atoms with van der Waals surface area (Å²) in [5.41, 5.74) is 3.51. The average Bonchev–Trinajstić information content (AvgIpc) is 2.93. The molecule has 2 aromatic rings. The number of anilines is 1. The number of nitrogens with one attached hydrogen (secondary N) is 2. The summed E-state index contributed by atoms with van der Waals surface area (Å²) in [6.45, 7) is 3.52. The van der Waals surface area contributed by atoms with E-state index >= 15 is 0 Å². The van der Waals surface area contributed by atoms with Gasteiger partial charge < -0.3 is 10.6 Å². The third kappa shape index (κ3) is 3.35. The van der Waals surface area contributed by atoms with Gasteiger partial charge in [-0.3, -0.25) is 19.7 Å². The van der Waals surface area contributed by atoms with Gasteiger partial charge in [0, 0.05) is 23.4 Å². The lowest BCUT2D eigenvalue weighted by Crippen LogP contribution is -2.27. The molecule has 0 radical (unpaired) electrons. The summed E-state index contributed by atoms with van der Waals surface area (Å²) in [6.07, 6.45) is 0.339. The molecule has 0 saturated carbocycles. The lowest BCUT2D eigenvalue weighted by atomic mass is 10.0. The highest BCUT2D eigenvalue weighted by molar-refractivity contribution is 5.99. The van der Waals surface area contributed by atoms with Crippen LogP contribution < -0.4 is 10.6 Å². The second-order valence-corrected chi connectivity index (χ2v) is 6.09. The lowest BCUT2D eigenvalue weighted by molar-refractivity contribution is -0.384. The van der Waals surface area contributed by atoms with Gasteiger partial charge in [0.25, 0.3) is 11.6 Å². The third-order valence-corrected chi connectivity index (χ3v) is 4.27. The maximum atomic E-state index is 12.5. The number of nitro benzene ring substituents is 1. The van der Waals surface area contributed by atoms with E-state index in [4.69, 9.17) is 0 Å². The number of non-ortho nitro benzene ring substituents is 1. The first kappa shape index (κ1) is 16.6. The molecule has 0 aromatic heterocycles. The molecule has 25 heavy (non-hydrogen) atoms. The molecule has 0 unspecified atom stereocenters. The molecule has 1 atom stereocenters. The van der Waals surface area contributed by atoms with E-state index in [9.17, 15) is 19.7 Å². The molecule has 3 rings (SSSR count). The number of amides is 2. The summed E-state index contributed by atoms with van der Waals surface area (Å²) in [5, 5.41) is 16.5. The first-order valence-electron chi connectivity index (χ1n) is 7.83. The van der Waals surface area contributed by atoms with E-state index in [0.717, 1.165) is 16.8 Å². The Labute approximate surface area is 144 Å². The zero-order valence-corrected chi connectivity index (χ0v) is 13.8. The fourth-order valence-corrected chi connectivity index (χ4v) is 2.89. The molecule has 1 aliphatic rings. The van der Waals surface area contributed by atoms with Crippen molar-refractivity contribution in [3.63, 3.8) is 0 Å². The minimum absolute atomic E-state index is 0.0367. The maximum Gasteiger partial charge on any atom is 0.269 e. The van der Waals surface area contributed by atoms with Gasteiger partial charge in [0.15, 0.2) is 0 Å². The van der Waals surface area contributed by atoms with E-state index in [1.165, 1.54) is 18.2 Å². The Morgan fingerprint density at radius 1 is 1.28 bits per heavy atom. The molecule has 0 bridgehead atoms. The molecule has 2 aromatic carbocycles. The predicted octanol–water partition coefficient (Wildman–Crippen LogP) is 2.89. The fraction of sp³-hybridized carbons (Fsp3) is 0.222. The zero-order valence-electron chi connectivity index (χ0n) is 13.8. The van der Waals surface area contributed by atoms with Crippen molar-refractivity contribution in [1.82, 2.24) is 5.32 Å². The van der Waals surface area contributed by atoms with Crippen molar-refractivity contribution in [3.8, 4) is 0 Å². The number of fused-ring (bicyclic) bond motifs is 1. The fourth-order valence-electron chi connectivity index (χ4n) is 2.89. The Bertz CT molecular complexity index is 892. The highest BCUT2D eigenvalue weighted by Gasteiger charge is 2.20. The normalized spacial score (nSPS) is 13.8. The van der Waals surface area contributed by atoms with E-state index in [1.54, 1.807) is 6.92 Å². The van der Waals surface area contributed by atoms with E-state index < -0.39 is 4.92 Å². The minimum atomic E-state index is -0.489. The van der Waals surface area contributed by atoms with Crippen LogP contribution in [-0.4, -0.2) is 16.7 Å². The first-order chi connectivity index (χ1) is 11.8. The van der Waals surface area contributed by atoms with Crippen molar-refractivity contribution >= 4 is 23.2 Å². The van der Waals surface area contributed by atoms with Crippen molar-refractivity contribution in [2.24, 2.45) is 0 Å². The summed E-state index contributed by atoms with van der Waals surface area (Å²) >= 11 is 0. The van der Waals surface area contributed by atoms with Crippen molar-refractivity contribution in [3.05, 3.63) is 68.8 Å². The van der Waals surface area contributed by atoms with Crippen LogP contribution >= 0.6 is 0 Å². The second kappa shape index (κ2) is 6.35. The van der Waals surface area contributed by atoms with Gasteiger partial charge in [0.1, 0.15) is 0 Å². The van der Waals surface area contributed by atoms with Gasteiger partial charge >= 0.3 is 0 Å². The summed E-state index contributed by atoms with van der Waals surface area (Å²) < 4.78 is 0. The van der Waals surface area contributed by atoms with Crippen molar-refractivity contribution < 1.29 is 14.5 Å². The Hall–Kier alpha value is -3.22. The van der Waals surface area contributed by atoms with Gasteiger partial charge in [-0.05, 0) is 42.7 Å². The predicted molar refractivity (Wildman–Crippen MR) is 92.5 cm³/mol. The van der Waals surface area contributed by atoms with Gasteiger partial charge in [0.05, 0.1) is 17.4 Å². The molecule has 0 saturated heterocycles. The van der Waals surface area contributed by atoms with E-state index in [-0.39, 0.29) is 23.5 Å². The number of nitro groups is 1. The molecule has 7 heteroatoms. The number of benzene rings is 2.